The zero-order chi connectivity index (χ0) is 16.5. The molecule has 0 aromatic heterocycles. The average Bonchev–Trinajstić information content (AvgIpc) is 2.48. The SMILES string of the molecule is CCCN(CC(=O)O)C(CC)C(=O)Nc1ccc(OC)cc1.Cl. The molecule has 0 aliphatic rings. The average molecular weight is 345 g/mol. The van der Waals surface area contributed by atoms with Gasteiger partial charge in [0, 0.05) is 5.69 Å². The number of carbonyl (C=O) groups excluding carboxylic acids is 1. The molecule has 1 aromatic carbocycles. The number of aliphatic carboxylic acids is 1. The second kappa shape index (κ2) is 10.9. The van der Waals surface area contributed by atoms with Gasteiger partial charge in [-0.05, 0) is 43.7 Å². The highest BCUT2D eigenvalue weighted by atomic mass is 35.5. The van der Waals surface area contributed by atoms with E-state index in [0.717, 1.165) is 6.42 Å². The molecule has 1 unspecified atom stereocenters. The lowest BCUT2D eigenvalue weighted by Gasteiger charge is -2.28. The summed E-state index contributed by atoms with van der Waals surface area (Å²) < 4.78 is 5.07. The summed E-state index contributed by atoms with van der Waals surface area (Å²) in [5.74, 6) is -0.407. The molecule has 0 aliphatic carbocycles. The molecule has 6 nitrogen and oxygen atoms in total. The largest absolute Gasteiger partial charge is 0.497 e. The van der Waals surface area contributed by atoms with Crippen molar-refractivity contribution < 1.29 is 19.4 Å². The molecule has 0 saturated heterocycles. The van der Waals surface area contributed by atoms with Crippen LogP contribution in [0.2, 0.25) is 0 Å². The number of halogens is 1. The lowest BCUT2D eigenvalue weighted by molar-refractivity contribution is -0.139. The van der Waals surface area contributed by atoms with Gasteiger partial charge in [0.25, 0.3) is 0 Å². The molecule has 0 radical (unpaired) electrons. The summed E-state index contributed by atoms with van der Waals surface area (Å²) in [7, 11) is 1.58. The fraction of sp³-hybridized carbons (Fsp3) is 0.500. The Balaban J connectivity index is 0.00000484. The van der Waals surface area contributed by atoms with E-state index < -0.39 is 12.0 Å². The van der Waals surface area contributed by atoms with Gasteiger partial charge in [-0.15, -0.1) is 12.4 Å². The van der Waals surface area contributed by atoms with E-state index in [1.54, 1.807) is 36.3 Å². The number of carboxylic acids is 1. The predicted octanol–water partition coefficient (Wildman–Crippen LogP) is 2.63. The summed E-state index contributed by atoms with van der Waals surface area (Å²) in [6.07, 6.45) is 1.34. The topological polar surface area (TPSA) is 78.9 Å². The Labute approximate surface area is 143 Å². The minimum Gasteiger partial charge on any atom is -0.497 e. The number of hydrogen-bond donors (Lipinski definition) is 2. The van der Waals surface area contributed by atoms with Gasteiger partial charge in [-0.25, -0.2) is 0 Å². The molecule has 1 amide bonds. The number of methoxy groups -OCH3 is 1. The smallest absolute Gasteiger partial charge is 0.317 e. The molecule has 0 spiro atoms. The molecule has 130 valence electrons. The molecule has 0 heterocycles. The Kier molecular flexibility index (Phi) is 10.0. The van der Waals surface area contributed by atoms with E-state index in [1.165, 1.54) is 0 Å². The van der Waals surface area contributed by atoms with Gasteiger partial charge in [-0.3, -0.25) is 14.5 Å². The molecule has 0 fully saturated rings. The number of carboxylic acid groups (broad SMARTS) is 1. The number of amides is 1. The minimum absolute atomic E-state index is 0. The van der Waals surface area contributed by atoms with Crippen LogP contribution in [0.25, 0.3) is 0 Å². The predicted molar refractivity (Wildman–Crippen MR) is 92.5 cm³/mol. The molecule has 2 N–H and O–H groups in total. The van der Waals surface area contributed by atoms with Crippen molar-refractivity contribution >= 4 is 30.0 Å². The third-order valence-corrected chi connectivity index (χ3v) is 3.34. The molecule has 1 rings (SSSR count). The van der Waals surface area contributed by atoms with Crippen LogP contribution in [0.15, 0.2) is 24.3 Å². The Bertz CT molecular complexity index is 493. The van der Waals surface area contributed by atoms with E-state index in [4.69, 9.17) is 9.84 Å². The number of nitrogens with zero attached hydrogens (tertiary/aromatic N) is 1. The normalized spacial score (nSPS) is 11.5. The van der Waals surface area contributed by atoms with Gasteiger partial charge < -0.3 is 15.2 Å². The van der Waals surface area contributed by atoms with Crippen molar-refractivity contribution in [1.82, 2.24) is 4.90 Å². The van der Waals surface area contributed by atoms with Gasteiger partial charge in [-0.1, -0.05) is 13.8 Å². The van der Waals surface area contributed by atoms with Crippen LogP contribution in [0.1, 0.15) is 26.7 Å². The van der Waals surface area contributed by atoms with Gasteiger partial charge in [-0.2, -0.15) is 0 Å². The first-order chi connectivity index (χ1) is 10.5. The van der Waals surface area contributed by atoms with Crippen molar-refractivity contribution in [2.24, 2.45) is 0 Å². The molecule has 7 heteroatoms. The minimum atomic E-state index is -0.927. The van der Waals surface area contributed by atoms with E-state index in [9.17, 15) is 9.59 Å². The number of anilines is 1. The van der Waals surface area contributed by atoms with Crippen molar-refractivity contribution in [2.45, 2.75) is 32.7 Å². The lowest BCUT2D eigenvalue weighted by atomic mass is 10.1. The number of rotatable bonds is 9. The zero-order valence-corrected chi connectivity index (χ0v) is 14.6. The quantitative estimate of drug-likeness (QED) is 0.720. The van der Waals surface area contributed by atoms with Gasteiger partial charge in [0.05, 0.1) is 19.7 Å². The van der Waals surface area contributed by atoms with Gasteiger partial charge >= 0.3 is 5.97 Å². The summed E-state index contributed by atoms with van der Waals surface area (Å²) in [5, 5.41) is 11.8. The van der Waals surface area contributed by atoms with Crippen LogP contribution >= 0.6 is 12.4 Å². The van der Waals surface area contributed by atoms with Crippen LogP contribution in [0.3, 0.4) is 0 Å². The fourth-order valence-electron chi connectivity index (χ4n) is 2.32. The van der Waals surface area contributed by atoms with Gasteiger partial charge in [0.15, 0.2) is 0 Å². The van der Waals surface area contributed by atoms with Crippen molar-refractivity contribution in [2.75, 3.05) is 25.5 Å². The second-order valence-corrected chi connectivity index (χ2v) is 5.01. The molecular weight excluding hydrogens is 320 g/mol. The first-order valence-corrected chi connectivity index (χ1v) is 7.42. The first kappa shape index (κ1) is 21.2. The van der Waals surface area contributed by atoms with Crippen LogP contribution in [-0.4, -0.2) is 48.1 Å². The number of ether oxygens (including phenoxy) is 1. The Hall–Kier alpha value is -1.79. The Morgan fingerprint density at radius 1 is 1.26 bits per heavy atom. The maximum absolute atomic E-state index is 12.4. The second-order valence-electron chi connectivity index (χ2n) is 5.01. The van der Waals surface area contributed by atoms with E-state index in [-0.39, 0.29) is 24.9 Å². The summed E-state index contributed by atoms with van der Waals surface area (Å²) >= 11 is 0. The summed E-state index contributed by atoms with van der Waals surface area (Å²) in [6.45, 7) is 4.27. The molecule has 1 atom stereocenters. The van der Waals surface area contributed by atoms with Crippen LogP contribution in [0.4, 0.5) is 5.69 Å². The summed E-state index contributed by atoms with van der Waals surface area (Å²) in [4.78, 5) is 25.1. The van der Waals surface area contributed by atoms with Crippen LogP contribution in [0, 0.1) is 0 Å². The third kappa shape index (κ3) is 6.88. The Morgan fingerprint density at radius 2 is 1.87 bits per heavy atom. The number of hydrogen-bond acceptors (Lipinski definition) is 4. The van der Waals surface area contributed by atoms with Crippen molar-refractivity contribution in [1.29, 1.82) is 0 Å². The fourth-order valence-corrected chi connectivity index (χ4v) is 2.32. The van der Waals surface area contributed by atoms with Crippen molar-refractivity contribution in [3.05, 3.63) is 24.3 Å². The van der Waals surface area contributed by atoms with Gasteiger partial charge in [0.2, 0.25) is 5.91 Å². The van der Waals surface area contributed by atoms with Crippen LogP contribution < -0.4 is 10.1 Å². The molecule has 0 aliphatic heterocycles. The highest BCUT2D eigenvalue weighted by molar-refractivity contribution is 5.95. The number of benzene rings is 1. The van der Waals surface area contributed by atoms with Crippen LogP contribution in [0.5, 0.6) is 5.75 Å². The van der Waals surface area contributed by atoms with E-state index in [2.05, 4.69) is 5.32 Å². The third-order valence-electron chi connectivity index (χ3n) is 3.34. The van der Waals surface area contributed by atoms with Crippen molar-refractivity contribution in [3.63, 3.8) is 0 Å². The summed E-state index contributed by atoms with van der Waals surface area (Å²) in [6, 6.07) is 6.57. The highest BCUT2D eigenvalue weighted by Gasteiger charge is 2.25. The molecule has 0 bridgehead atoms. The van der Waals surface area contributed by atoms with E-state index >= 15 is 0 Å². The van der Waals surface area contributed by atoms with Gasteiger partial charge in [0.1, 0.15) is 5.75 Å². The molecule has 23 heavy (non-hydrogen) atoms. The first-order valence-electron chi connectivity index (χ1n) is 7.42. The lowest BCUT2D eigenvalue weighted by Crippen LogP contribution is -2.46. The molecule has 1 aromatic rings. The van der Waals surface area contributed by atoms with E-state index in [0.29, 0.717) is 24.4 Å². The van der Waals surface area contributed by atoms with E-state index in [1.807, 2.05) is 13.8 Å². The maximum atomic E-state index is 12.4. The molecule has 0 saturated carbocycles. The summed E-state index contributed by atoms with van der Waals surface area (Å²) in [5.41, 5.74) is 0.663. The zero-order valence-electron chi connectivity index (χ0n) is 13.7. The highest BCUT2D eigenvalue weighted by Crippen LogP contribution is 2.16. The van der Waals surface area contributed by atoms with Crippen LogP contribution in [-0.2, 0) is 9.59 Å². The van der Waals surface area contributed by atoms with Crippen molar-refractivity contribution in [3.8, 4) is 5.75 Å². The molecular formula is C16H25ClN2O4. The maximum Gasteiger partial charge on any atom is 0.317 e. The monoisotopic (exact) mass is 344 g/mol. The Morgan fingerprint density at radius 3 is 2.30 bits per heavy atom. The standard InChI is InChI=1S/C16H24N2O4.ClH/c1-4-10-18(11-15(19)20)14(5-2)16(21)17-12-6-8-13(22-3)9-7-12;/h6-9,14H,4-5,10-11H2,1-3H3,(H,17,21)(H,19,20);1H. The number of nitrogens with one attached hydrogen (secondary N) is 1. The number of carbonyl (C=O) groups is 2.